The second-order valence-corrected chi connectivity index (χ2v) is 5.84. The second-order valence-electron chi connectivity index (χ2n) is 5.84. The first-order valence-electron chi connectivity index (χ1n) is 8.94. The van der Waals surface area contributed by atoms with Gasteiger partial charge in [0, 0.05) is 11.8 Å². The number of benzene rings is 1. The van der Waals surface area contributed by atoms with Crippen LogP contribution in [0, 0.1) is 0 Å². The van der Waals surface area contributed by atoms with Crippen molar-refractivity contribution in [1.29, 1.82) is 0 Å². The number of anilines is 1. The molecule has 5 nitrogen and oxygen atoms in total. The van der Waals surface area contributed by atoms with Crippen LogP contribution in [0.25, 0.3) is 0 Å². The van der Waals surface area contributed by atoms with Crippen molar-refractivity contribution in [2.75, 3.05) is 18.5 Å². The van der Waals surface area contributed by atoms with E-state index in [2.05, 4.69) is 19.2 Å². The van der Waals surface area contributed by atoms with Gasteiger partial charge in [0.25, 0.3) is 0 Å². The van der Waals surface area contributed by atoms with Crippen molar-refractivity contribution in [2.24, 2.45) is 0 Å². The van der Waals surface area contributed by atoms with Gasteiger partial charge in [0.1, 0.15) is 17.1 Å². The maximum atomic E-state index is 12.3. The van der Waals surface area contributed by atoms with E-state index in [0.717, 1.165) is 37.1 Å². The quantitative estimate of drug-likeness (QED) is 0.457. The molecule has 1 aromatic heterocycles. The fourth-order valence-corrected chi connectivity index (χ4v) is 2.24. The molecule has 0 fully saturated rings. The van der Waals surface area contributed by atoms with Gasteiger partial charge in [-0.05, 0) is 37.1 Å². The molecule has 136 valence electrons. The lowest BCUT2D eigenvalue weighted by atomic mass is 10.1. The molecule has 0 atom stereocenters. The predicted octanol–water partition coefficient (Wildman–Crippen LogP) is 5.03. The monoisotopic (exact) mass is 345 g/mol. The first kappa shape index (κ1) is 18.9. The Hall–Kier alpha value is -2.43. The number of hydrogen-bond donors (Lipinski definition) is 1. The Labute approximate surface area is 149 Å². The van der Waals surface area contributed by atoms with Crippen LogP contribution in [0.1, 0.15) is 55.6 Å². The third-order valence-corrected chi connectivity index (χ3v) is 3.73. The van der Waals surface area contributed by atoms with Crippen LogP contribution in [0.15, 0.2) is 41.0 Å². The van der Waals surface area contributed by atoms with Crippen molar-refractivity contribution in [3.8, 4) is 5.75 Å². The first-order chi connectivity index (χ1) is 12.2. The van der Waals surface area contributed by atoms with Gasteiger partial charge in [-0.2, -0.15) is 0 Å². The number of nitrogens with one attached hydrogen (secondary N) is 1. The van der Waals surface area contributed by atoms with Gasteiger partial charge < -0.3 is 19.2 Å². The zero-order valence-corrected chi connectivity index (χ0v) is 15.0. The van der Waals surface area contributed by atoms with Crippen molar-refractivity contribution < 1.29 is 18.7 Å². The molecule has 0 saturated carbocycles. The van der Waals surface area contributed by atoms with Gasteiger partial charge in [-0.3, -0.25) is 0 Å². The van der Waals surface area contributed by atoms with Gasteiger partial charge >= 0.3 is 5.97 Å². The minimum Gasteiger partial charge on any atom is -0.493 e. The molecule has 0 aliphatic carbocycles. The number of carbonyl (C=O) groups excluding carboxylic acids is 1. The summed E-state index contributed by atoms with van der Waals surface area (Å²) in [5, 5.41) is 3.27. The average Bonchev–Trinajstić information content (AvgIpc) is 3.14. The standard InChI is InChI=1S/C20H27NO4/c1-3-5-11-24-19-14-16(21-15-17-8-7-13-23-17)9-10-18(19)20(22)25-12-6-4-2/h7-10,13-14,21H,3-6,11-12,15H2,1-2H3. The maximum Gasteiger partial charge on any atom is 0.341 e. The van der Waals surface area contributed by atoms with E-state index in [4.69, 9.17) is 13.9 Å². The van der Waals surface area contributed by atoms with Gasteiger partial charge in [0.05, 0.1) is 26.0 Å². The highest BCUT2D eigenvalue weighted by atomic mass is 16.5. The molecule has 2 rings (SSSR count). The predicted molar refractivity (Wildman–Crippen MR) is 98.1 cm³/mol. The lowest BCUT2D eigenvalue weighted by molar-refractivity contribution is 0.0495. The Morgan fingerprint density at radius 3 is 2.64 bits per heavy atom. The van der Waals surface area contributed by atoms with Crippen molar-refractivity contribution in [2.45, 2.75) is 46.1 Å². The van der Waals surface area contributed by atoms with Gasteiger partial charge in [0.15, 0.2) is 0 Å². The molecule has 0 aliphatic heterocycles. The molecule has 0 bridgehead atoms. The smallest absolute Gasteiger partial charge is 0.341 e. The number of unbranched alkanes of at least 4 members (excludes halogenated alkanes) is 2. The third kappa shape index (κ3) is 6.18. The zero-order valence-electron chi connectivity index (χ0n) is 15.0. The largest absolute Gasteiger partial charge is 0.493 e. The Kier molecular flexibility index (Phi) is 7.89. The minimum atomic E-state index is -0.336. The highest BCUT2D eigenvalue weighted by Gasteiger charge is 2.15. The van der Waals surface area contributed by atoms with Crippen molar-refractivity contribution >= 4 is 11.7 Å². The normalized spacial score (nSPS) is 10.5. The van der Waals surface area contributed by atoms with E-state index in [0.29, 0.717) is 31.1 Å². The first-order valence-corrected chi connectivity index (χ1v) is 8.94. The van der Waals surface area contributed by atoms with Crippen molar-refractivity contribution in [3.63, 3.8) is 0 Å². The van der Waals surface area contributed by atoms with Crippen LogP contribution >= 0.6 is 0 Å². The summed E-state index contributed by atoms with van der Waals surface area (Å²) >= 11 is 0. The Morgan fingerprint density at radius 1 is 1.12 bits per heavy atom. The summed E-state index contributed by atoms with van der Waals surface area (Å²) < 4.78 is 16.5. The van der Waals surface area contributed by atoms with Gasteiger partial charge in [0.2, 0.25) is 0 Å². The van der Waals surface area contributed by atoms with Crippen LogP contribution in [-0.4, -0.2) is 19.2 Å². The lowest BCUT2D eigenvalue weighted by Crippen LogP contribution is -2.10. The van der Waals surface area contributed by atoms with Gasteiger partial charge in [-0.25, -0.2) is 4.79 Å². The van der Waals surface area contributed by atoms with E-state index >= 15 is 0 Å². The third-order valence-electron chi connectivity index (χ3n) is 3.73. The molecule has 1 N–H and O–H groups in total. The topological polar surface area (TPSA) is 60.7 Å². The molecule has 0 amide bonds. The van der Waals surface area contributed by atoms with Crippen molar-refractivity contribution in [3.05, 3.63) is 47.9 Å². The lowest BCUT2D eigenvalue weighted by Gasteiger charge is -2.13. The number of hydrogen-bond acceptors (Lipinski definition) is 5. The number of rotatable bonds is 11. The summed E-state index contributed by atoms with van der Waals surface area (Å²) in [6.45, 7) is 5.74. The van der Waals surface area contributed by atoms with Crippen LogP contribution in [0.3, 0.4) is 0 Å². The van der Waals surface area contributed by atoms with Gasteiger partial charge in [-0.15, -0.1) is 0 Å². The summed E-state index contributed by atoms with van der Waals surface area (Å²) in [5.74, 6) is 1.06. The molecular weight excluding hydrogens is 318 g/mol. The summed E-state index contributed by atoms with van der Waals surface area (Å²) in [5.41, 5.74) is 1.34. The highest BCUT2D eigenvalue weighted by Crippen LogP contribution is 2.25. The van der Waals surface area contributed by atoms with Crippen LogP contribution in [0.4, 0.5) is 5.69 Å². The molecule has 0 saturated heterocycles. The zero-order chi connectivity index (χ0) is 17.9. The molecule has 0 aliphatic rings. The number of ether oxygens (including phenoxy) is 2. The van der Waals surface area contributed by atoms with Crippen LogP contribution in [0.5, 0.6) is 5.75 Å². The van der Waals surface area contributed by atoms with Gasteiger partial charge in [-0.1, -0.05) is 26.7 Å². The summed E-state index contributed by atoms with van der Waals surface area (Å²) in [6.07, 6.45) is 5.47. The van der Waals surface area contributed by atoms with E-state index < -0.39 is 0 Å². The fourth-order valence-electron chi connectivity index (χ4n) is 2.24. The Bertz CT molecular complexity index is 637. The summed E-state index contributed by atoms with van der Waals surface area (Å²) in [6, 6.07) is 9.21. The minimum absolute atomic E-state index is 0.336. The van der Waals surface area contributed by atoms with Crippen LogP contribution in [-0.2, 0) is 11.3 Å². The summed E-state index contributed by atoms with van der Waals surface area (Å²) in [4.78, 5) is 12.3. The van der Waals surface area contributed by atoms with Crippen LogP contribution in [0.2, 0.25) is 0 Å². The molecule has 5 heteroatoms. The molecule has 0 unspecified atom stereocenters. The molecule has 0 spiro atoms. The molecule has 25 heavy (non-hydrogen) atoms. The molecule has 1 heterocycles. The van der Waals surface area contributed by atoms with E-state index in [1.165, 1.54) is 0 Å². The number of carbonyl (C=O) groups is 1. The SMILES string of the molecule is CCCCOC(=O)c1ccc(NCc2ccco2)cc1OCCCC. The van der Waals surface area contributed by atoms with Crippen LogP contribution < -0.4 is 10.1 Å². The van der Waals surface area contributed by atoms with E-state index in [1.807, 2.05) is 24.3 Å². The second kappa shape index (κ2) is 10.4. The fraction of sp³-hybridized carbons (Fsp3) is 0.450. The Balaban J connectivity index is 2.06. The Morgan fingerprint density at radius 2 is 1.92 bits per heavy atom. The molecule has 2 aromatic rings. The number of furan rings is 1. The summed E-state index contributed by atoms with van der Waals surface area (Å²) in [7, 11) is 0. The van der Waals surface area contributed by atoms with E-state index in [-0.39, 0.29) is 5.97 Å². The van der Waals surface area contributed by atoms with E-state index in [1.54, 1.807) is 12.3 Å². The average molecular weight is 345 g/mol. The molecule has 0 radical (unpaired) electrons. The highest BCUT2D eigenvalue weighted by molar-refractivity contribution is 5.93. The number of esters is 1. The van der Waals surface area contributed by atoms with E-state index in [9.17, 15) is 4.79 Å². The maximum absolute atomic E-state index is 12.3. The van der Waals surface area contributed by atoms with Crippen molar-refractivity contribution in [1.82, 2.24) is 0 Å². The molecular formula is C20H27NO4. The molecule has 1 aromatic carbocycles.